The molecule has 1 aliphatic rings. The number of amides is 1. The second-order valence-electron chi connectivity index (χ2n) is 8.51. The van der Waals surface area contributed by atoms with E-state index in [-0.39, 0.29) is 11.4 Å². The number of phenols is 1. The van der Waals surface area contributed by atoms with Crippen LogP contribution in [0.4, 0.5) is 19.0 Å². The number of thiophene rings is 1. The van der Waals surface area contributed by atoms with Gasteiger partial charge in [0.1, 0.15) is 5.75 Å². The highest BCUT2D eigenvalue weighted by molar-refractivity contribution is 7.90. The van der Waals surface area contributed by atoms with Gasteiger partial charge in [-0.05, 0) is 46.8 Å². The third kappa shape index (κ3) is 7.63. The van der Waals surface area contributed by atoms with Gasteiger partial charge in [0.15, 0.2) is 11.5 Å². The Morgan fingerprint density at radius 3 is 2.46 bits per heavy atom. The standard InChI is InChI=1S/C23H24F3N5O4S2/c24-23(25,26)6-11-37(34,35)29-22(33)20-4-5-21(28-27-20)31-9-7-30(8-10-31)14-19-13-17(15-36-19)16-2-1-3-18(32)12-16/h1-5,12-13,15,32H,6-11,14H2,(H,29,33). The average Bonchev–Trinajstić information content (AvgIpc) is 3.31. The van der Waals surface area contributed by atoms with Gasteiger partial charge in [0.2, 0.25) is 10.0 Å². The predicted molar refractivity (Wildman–Crippen MR) is 133 cm³/mol. The first-order valence-electron chi connectivity index (χ1n) is 11.3. The highest BCUT2D eigenvalue weighted by Gasteiger charge is 2.31. The number of anilines is 1. The van der Waals surface area contributed by atoms with Gasteiger partial charge in [-0.1, -0.05) is 12.1 Å². The van der Waals surface area contributed by atoms with Gasteiger partial charge in [-0.25, -0.2) is 13.1 Å². The van der Waals surface area contributed by atoms with Crippen molar-refractivity contribution in [1.82, 2.24) is 19.8 Å². The minimum atomic E-state index is -4.65. The van der Waals surface area contributed by atoms with Crippen LogP contribution in [0.1, 0.15) is 21.8 Å². The Hall–Kier alpha value is -3.23. The Kier molecular flexibility index (Phi) is 7.99. The molecule has 4 rings (SSSR count). The molecule has 0 atom stereocenters. The highest BCUT2D eigenvalue weighted by atomic mass is 32.2. The number of piperazine rings is 1. The number of carbonyl (C=O) groups is 1. The van der Waals surface area contributed by atoms with Crippen molar-refractivity contribution in [3.8, 4) is 16.9 Å². The van der Waals surface area contributed by atoms with Gasteiger partial charge < -0.3 is 10.0 Å². The monoisotopic (exact) mass is 555 g/mol. The summed E-state index contributed by atoms with van der Waals surface area (Å²) in [5.41, 5.74) is 1.71. The zero-order valence-electron chi connectivity index (χ0n) is 19.5. The molecule has 1 amide bonds. The van der Waals surface area contributed by atoms with Gasteiger partial charge in [0.05, 0.1) is 12.2 Å². The van der Waals surface area contributed by atoms with Crippen molar-refractivity contribution in [3.05, 3.63) is 58.4 Å². The lowest BCUT2D eigenvalue weighted by molar-refractivity contribution is -0.130. The van der Waals surface area contributed by atoms with Crippen LogP contribution >= 0.6 is 11.3 Å². The van der Waals surface area contributed by atoms with E-state index in [9.17, 15) is 31.5 Å². The average molecular weight is 556 g/mol. The van der Waals surface area contributed by atoms with Crippen LogP contribution in [-0.4, -0.2) is 72.6 Å². The van der Waals surface area contributed by atoms with E-state index in [1.807, 2.05) is 17.0 Å². The van der Waals surface area contributed by atoms with Gasteiger partial charge in [-0.3, -0.25) is 9.69 Å². The normalized spacial score (nSPS) is 15.1. The van der Waals surface area contributed by atoms with Crippen LogP contribution in [-0.2, 0) is 16.6 Å². The van der Waals surface area contributed by atoms with Crippen LogP contribution in [0, 0.1) is 0 Å². The molecule has 0 unspecified atom stereocenters. The number of hydrogen-bond donors (Lipinski definition) is 2. The molecular formula is C23H24F3N5O4S2. The molecule has 2 aromatic heterocycles. The number of nitrogens with zero attached hydrogens (tertiary/aromatic N) is 4. The summed E-state index contributed by atoms with van der Waals surface area (Å²) >= 11 is 1.66. The smallest absolute Gasteiger partial charge is 0.390 e. The molecular weight excluding hydrogens is 531 g/mol. The first-order chi connectivity index (χ1) is 17.5. The number of aromatic nitrogens is 2. The lowest BCUT2D eigenvalue weighted by atomic mass is 10.1. The Labute approximate surface area is 215 Å². The molecule has 198 valence electrons. The molecule has 0 spiro atoms. The van der Waals surface area contributed by atoms with E-state index in [2.05, 4.69) is 26.5 Å². The molecule has 0 aliphatic carbocycles. The highest BCUT2D eigenvalue weighted by Crippen LogP contribution is 2.29. The molecule has 1 saturated heterocycles. The maximum absolute atomic E-state index is 12.3. The molecule has 0 radical (unpaired) electrons. The van der Waals surface area contributed by atoms with E-state index < -0.39 is 34.3 Å². The maximum Gasteiger partial charge on any atom is 0.390 e. The maximum atomic E-state index is 12.3. The topological polar surface area (TPSA) is 116 Å². The molecule has 37 heavy (non-hydrogen) atoms. The fourth-order valence-corrected chi connectivity index (χ4v) is 5.69. The Morgan fingerprint density at radius 1 is 1.05 bits per heavy atom. The zero-order valence-corrected chi connectivity index (χ0v) is 21.1. The number of phenolic OH excluding ortho intramolecular Hbond substituents is 1. The summed E-state index contributed by atoms with van der Waals surface area (Å²) in [5, 5.41) is 19.5. The number of halogens is 3. The number of rotatable bonds is 8. The summed E-state index contributed by atoms with van der Waals surface area (Å²) in [6.07, 6.45) is -6.21. The fourth-order valence-electron chi connectivity index (χ4n) is 3.77. The molecule has 3 heterocycles. The summed E-state index contributed by atoms with van der Waals surface area (Å²) < 4.78 is 61.8. The van der Waals surface area contributed by atoms with Gasteiger partial charge >= 0.3 is 6.18 Å². The van der Waals surface area contributed by atoms with Crippen LogP contribution in [0.5, 0.6) is 5.75 Å². The molecule has 1 aliphatic heterocycles. The van der Waals surface area contributed by atoms with Crippen LogP contribution < -0.4 is 9.62 Å². The lowest BCUT2D eigenvalue weighted by Crippen LogP contribution is -2.46. The van der Waals surface area contributed by atoms with E-state index in [1.54, 1.807) is 28.2 Å². The van der Waals surface area contributed by atoms with Crippen molar-refractivity contribution < 1.29 is 31.5 Å². The number of benzene rings is 1. The van der Waals surface area contributed by atoms with Gasteiger partial charge in [0.25, 0.3) is 5.91 Å². The van der Waals surface area contributed by atoms with E-state index >= 15 is 0 Å². The van der Waals surface area contributed by atoms with Crippen LogP contribution in [0.3, 0.4) is 0 Å². The van der Waals surface area contributed by atoms with Crippen molar-refractivity contribution >= 4 is 33.1 Å². The van der Waals surface area contributed by atoms with E-state index in [0.29, 0.717) is 18.9 Å². The predicted octanol–water partition coefficient (Wildman–Crippen LogP) is 3.24. The molecule has 9 nitrogen and oxygen atoms in total. The lowest BCUT2D eigenvalue weighted by Gasteiger charge is -2.34. The summed E-state index contributed by atoms with van der Waals surface area (Å²) in [4.78, 5) is 17.6. The SMILES string of the molecule is O=C(NS(=O)(=O)CCC(F)(F)F)c1ccc(N2CCN(Cc3cc(-c4cccc(O)c4)cs3)CC2)nn1. The van der Waals surface area contributed by atoms with Gasteiger partial charge in [-0.2, -0.15) is 13.2 Å². The zero-order chi connectivity index (χ0) is 26.6. The third-order valence-corrected chi connectivity index (χ3v) is 7.85. The Balaban J connectivity index is 1.27. The van der Waals surface area contributed by atoms with Crippen molar-refractivity contribution in [1.29, 1.82) is 0 Å². The van der Waals surface area contributed by atoms with E-state index in [1.165, 1.54) is 17.0 Å². The van der Waals surface area contributed by atoms with Crippen LogP contribution in [0.25, 0.3) is 11.1 Å². The molecule has 0 bridgehead atoms. The molecule has 1 fully saturated rings. The second kappa shape index (κ2) is 11.0. The second-order valence-corrected chi connectivity index (χ2v) is 11.3. The number of carbonyl (C=O) groups excluding carboxylic acids is 1. The number of aromatic hydroxyl groups is 1. The minimum absolute atomic E-state index is 0.226. The number of nitrogens with one attached hydrogen (secondary N) is 1. The quantitative estimate of drug-likeness (QED) is 0.435. The van der Waals surface area contributed by atoms with Gasteiger partial charge in [0, 0.05) is 37.6 Å². The first-order valence-corrected chi connectivity index (χ1v) is 13.8. The first kappa shape index (κ1) is 26.8. The third-order valence-electron chi connectivity index (χ3n) is 5.69. The summed E-state index contributed by atoms with van der Waals surface area (Å²) in [5.74, 6) is -1.64. The van der Waals surface area contributed by atoms with E-state index in [0.717, 1.165) is 30.8 Å². The molecule has 1 aromatic carbocycles. The van der Waals surface area contributed by atoms with Crippen molar-refractivity contribution in [2.24, 2.45) is 0 Å². The Morgan fingerprint density at radius 2 is 1.81 bits per heavy atom. The summed E-state index contributed by atoms with van der Waals surface area (Å²) in [7, 11) is -4.45. The van der Waals surface area contributed by atoms with Crippen LogP contribution in [0.2, 0.25) is 0 Å². The summed E-state index contributed by atoms with van der Waals surface area (Å²) in [6.45, 7) is 3.64. The molecule has 2 N–H and O–H groups in total. The van der Waals surface area contributed by atoms with Crippen molar-refractivity contribution in [2.45, 2.75) is 19.1 Å². The van der Waals surface area contributed by atoms with Crippen molar-refractivity contribution in [3.63, 3.8) is 0 Å². The number of sulfonamides is 1. The van der Waals surface area contributed by atoms with Crippen molar-refractivity contribution in [2.75, 3.05) is 36.8 Å². The van der Waals surface area contributed by atoms with Crippen LogP contribution in [0.15, 0.2) is 47.8 Å². The van der Waals surface area contributed by atoms with E-state index in [4.69, 9.17) is 0 Å². The Bertz CT molecular complexity index is 1340. The molecule has 14 heteroatoms. The molecule has 3 aromatic rings. The largest absolute Gasteiger partial charge is 0.508 e. The van der Waals surface area contributed by atoms with Gasteiger partial charge in [-0.15, -0.1) is 21.5 Å². The minimum Gasteiger partial charge on any atom is -0.508 e. The number of alkyl halides is 3. The fraction of sp³-hybridized carbons (Fsp3) is 0.348. The molecule has 0 saturated carbocycles. The summed E-state index contributed by atoms with van der Waals surface area (Å²) in [6, 6.07) is 12.1. The number of hydrogen-bond acceptors (Lipinski definition) is 9.